The Balaban J connectivity index is 1.42. The third-order valence-corrected chi connectivity index (χ3v) is 8.01. The minimum Gasteiger partial charge on any atom is -0.381 e. The van der Waals surface area contributed by atoms with Crippen molar-refractivity contribution in [2.45, 2.75) is 33.4 Å². The van der Waals surface area contributed by atoms with Gasteiger partial charge >= 0.3 is 0 Å². The average molecular weight is 590 g/mol. The molecule has 224 valence electrons. The first-order valence-electron chi connectivity index (χ1n) is 14.8. The Morgan fingerprint density at radius 1 is 1.07 bits per heavy atom. The lowest BCUT2D eigenvalue weighted by molar-refractivity contribution is 0.0941. The van der Waals surface area contributed by atoms with Crippen LogP contribution in [0.4, 0.5) is 5.82 Å². The van der Waals surface area contributed by atoms with Crippen LogP contribution in [0.5, 0.6) is 0 Å². The van der Waals surface area contributed by atoms with Crippen molar-refractivity contribution in [2.75, 3.05) is 25.4 Å². The predicted octanol–water partition coefficient (Wildman–Crippen LogP) is 4.31. The van der Waals surface area contributed by atoms with E-state index in [0.29, 0.717) is 22.4 Å². The first-order chi connectivity index (χ1) is 21.4. The summed E-state index contributed by atoms with van der Waals surface area (Å²) < 4.78 is 5.06. The number of anilines is 1. The van der Waals surface area contributed by atoms with Gasteiger partial charge in [-0.05, 0) is 55.2 Å². The molecule has 0 aliphatic heterocycles. The second-order valence-corrected chi connectivity index (χ2v) is 10.7. The summed E-state index contributed by atoms with van der Waals surface area (Å²) in [5, 5.41) is 13.2. The molecule has 11 nitrogen and oxygen atoms in total. The van der Waals surface area contributed by atoms with Crippen LogP contribution in [-0.4, -0.2) is 59.4 Å². The molecule has 0 bridgehead atoms. The van der Waals surface area contributed by atoms with Crippen molar-refractivity contribution in [3.8, 4) is 16.8 Å². The Morgan fingerprint density at radius 3 is 2.64 bits per heavy atom. The van der Waals surface area contributed by atoms with Crippen molar-refractivity contribution >= 4 is 28.1 Å². The normalized spacial score (nSPS) is 12.3. The maximum Gasteiger partial charge on any atom is 0.263 e. The number of carbonyl (C=O) groups is 1. The first kappa shape index (κ1) is 28.8. The fraction of sp³-hybridized carbons (Fsp3) is 0.242. The average Bonchev–Trinajstić information content (AvgIpc) is 3.65. The van der Waals surface area contributed by atoms with Gasteiger partial charge in [-0.3, -0.25) is 18.8 Å². The maximum atomic E-state index is 14.5. The summed E-state index contributed by atoms with van der Waals surface area (Å²) in [6.45, 7) is 9.77. The fourth-order valence-electron chi connectivity index (χ4n) is 5.66. The van der Waals surface area contributed by atoms with E-state index in [9.17, 15) is 9.59 Å². The van der Waals surface area contributed by atoms with E-state index in [2.05, 4.69) is 39.2 Å². The number of hydrogen-bond acceptors (Lipinski definition) is 7. The molecule has 44 heavy (non-hydrogen) atoms. The lowest BCUT2D eigenvalue weighted by atomic mass is 9.99. The SMILES string of the molecule is CCN(CC)CCn1cc(-c2cccc3cc(C(C)NC(=O)c4c(N)nn5cccnc45)n(-c4ccccc4)c(=O)c23)cn1. The number of para-hydroxylation sites is 1. The van der Waals surface area contributed by atoms with E-state index in [1.807, 2.05) is 78.6 Å². The largest absolute Gasteiger partial charge is 0.381 e. The molecule has 0 saturated carbocycles. The van der Waals surface area contributed by atoms with Gasteiger partial charge in [-0.1, -0.05) is 50.2 Å². The van der Waals surface area contributed by atoms with Crippen LogP contribution < -0.4 is 16.6 Å². The summed E-state index contributed by atoms with van der Waals surface area (Å²) in [6, 6.07) is 18.4. The van der Waals surface area contributed by atoms with Crippen molar-refractivity contribution in [3.63, 3.8) is 0 Å². The molecule has 0 aliphatic rings. The first-order valence-corrected chi connectivity index (χ1v) is 14.8. The molecule has 6 rings (SSSR count). The standard InChI is InChI=1S/C33H35N9O2/c1-4-39(5-2)17-18-40-21-24(20-36-40)26-14-9-11-23-19-27(42(33(44)28(23)26)25-12-7-6-8-13-25)22(3)37-32(43)29-30(34)38-41-16-10-15-35-31(29)41/h6-16,19-22H,4-5,17-18H2,1-3H3,(H2,34,38)(H,37,43). The van der Waals surface area contributed by atoms with E-state index >= 15 is 0 Å². The third kappa shape index (κ3) is 5.33. The Labute approximate surface area is 254 Å². The van der Waals surface area contributed by atoms with Crippen LogP contribution in [0.2, 0.25) is 0 Å². The highest BCUT2D eigenvalue weighted by atomic mass is 16.2. The Morgan fingerprint density at radius 2 is 1.86 bits per heavy atom. The van der Waals surface area contributed by atoms with Crippen LogP contribution in [0.1, 0.15) is 42.9 Å². The van der Waals surface area contributed by atoms with Gasteiger partial charge in [0.25, 0.3) is 11.5 Å². The zero-order chi connectivity index (χ0) is 30.8. The van der Waals surface area contributed by atoms with Crippen LogP contribution >= 0.6 is 0 Å². The summed E-state index contributed by atoms with van der Waals surface area (Å²) in [7, 11) is 0. The second kappa shape index (κ2) is 12.1. The second-order valence-electron chi connectivity index (χ2n) is 10.7. The minimum atomic E-state index is -0.565. The van der Waals surface area contributed by atoms with Gasteiger partial charge in [-0.2, -0.15) is 5.10 Å². The number of benzene rings is 2. The predicted molar refractivity (Wildman–Crippen MR) is 172 cm³/mol. The highest BCUT2D eigenvalue weighted by molar-refractivity contribution is 6.04. The van der Waals surface area contributed by atoms with E-state index < -0.39 is 11.9 Å². The molecular weight excluding hydrogens is 554 g/mol. The maximum absolute atomic E-state index is 14.5. The fourth-order valence-corrected chi connectivity index (χ4v) is 5.66. The summed E-state index contributed by atoms with van der Waals surface area (Å²) in [5.74, 6) is -0.351. The number of nitrogen functional groups attached to an aromatic ring is 1. The molecule has 11 heteroatoms. The number of fused-ring (bicyclic) bond motifs is 2. The van der Waals surface area contributed by atoms with Crippen LogP contribution in [-0.2, 0) is 6.54 Å². The van der Waals surface area contributed by atoms with Gasteiger partial charge < -0.3 is 16.0 Å². The molecular formula is C33H35N9O2. The Kier molecular flexibility index (Phi) is 7.95. The molecule has 1 atom stereocenters. The van der Waals surface area contributed by atoms with Crippen molar-refractivity contribution in [2.24, 2.45) is 0 Å². The number of likely N-dealkylation sites (N-methyl/N-ethyl adjacent to an activating group) is 1. The van der Waals surface area contributed by atoms with E-state index in [1.54, 1.807) is 23.0 Å². The van der Waals surface area contributed by atoms with Crippen LogP contribution in [0, 0.1) is 0 Å². The quantitative estimate of drug-likeness (QED) is 0.244. The number of hydrogen-bond donors (Lipinski definition) is 2. The molecule has 0 radical (unpaired) electrons. The van der Waals surface area contributed by atoms with E-state index in [-0.39, 0.29) is 16.9 Å². The molecule has 0 aliphatic carbocycles. The zero-order valence-electron chi connectivity index (χ0n) is 25.0. The third-order valence-electron chi connectivity index (χ3n) is 8.01. The number of amides is 1. The Hall–Kier alpha value is -5.29. The van der Waals surface area contributed by atoms with Gasteiger partial charge in [0.2, 0.25) is 0 Å². The smallest absolute Gasteiger partial charge is 0.263 e. The number of pyridine rings is 1. The van der Waals surface area contributed by atoms with Gasteiger partial charge in [0, 0.05) is 42.1 Å². The number of nitrogens with zero attached hydrogens (tertiary/aromatic N) is 7. The highest BCUT2D eigenvalue weighted by Gasteiger charge is 2.24. The molecule has 1 unspecified atom stereocenters. The molecule has 3 N–H and O–H groups in total. The molecule has 6 aromatic rings. The van der Waals surface area contributed by atoms with E-state index in [0.717, 1.165) is 42.7 Å². The lowest BCUT2D eigenvalue weighted by Gasteiger charge is -2.21. The van der Waals surface area contributed by atoms with Gasteiger partial charge in [0.1, 0.15) is 5.56 Å². The number of carbonyl (C=O) groups excluding carboxylic acids is 1. The lowest BCUT2D eigenvalue weighted by Crippen LogP contribution is -2.32. The molecule has 1 amide bonds. The highest BCUT2D eigenvalue weighted by Crippen LogP contribution is 2.29. The monoisotopic (exact) mass is 589 g/mol. The topological polar surface area (TPSA) is 128 Å². The van der Waals surface area contributed by atoms with Crippen LogP contribution in [0.3, 0.4) is 0 Å². The summed E-state index contributed by atoms with van der Waals surface area (Å²) in [6.07, 6.45) is 7.08. The molecule has 2 aromatic carbocycles. The van der Waals surface area contributed by atoms with E-state index in [4.69, 9.17) is 5.73 Å². The van der Waals surface area contributed by atoms with Gasteiger partial charge in [0.15, 0.2) is 11.5 Å². The molecule has 4 aromatic heterocycles. The van der Waals surface area contributed by atoms with Gasteiger partial charge in [-0.25, -0.2) is 9.50 Å². The van der Waals surface area contributed by atoms with Crippen molar-refractivity contribution < 1.29 is 4.79 Å². The summed E-state index contributed by atoms with van der Waals surface area (Å²) in [4.78, 5) is 34.6. The molecule has 0 saturated heterocycles. The van der Waals surface area contributed by atoms with Crippen LogP contribution in [0.25, 0.3) is 33.2 Å². The van der Waals surface area contributed by atoms with Crippen molar-refractivity contribution in [1.82, 2.24) is 39.2 Å². The summed E-state index contributed by atoms with van der Waals surface area (Å²) >= 11 is 0. The van der Waals surface area contributed by atoms with Crippen LogP contribution in [0.15, 0.2) is 90.2 Å². The minimum absolute atomic E-state index is 0.0784. The molecule has 0 spiro atoms. The van der Waals surface area contributed by atoms with Gasteiger partial charge in [0.05, 0.1) is 24.2 Å². The molecule has 0 fully saturated rings. The zero-order valence-corrected chi connectivity index (χ0v) is 25.0. The summed E-state index contributed by atoms with van der Waals surface area (Å²) in [5.41, 5.74) is 9.46. The van der Waals surface area contributed by atoms with Crippen molar-refractivity contribution in [1.29, 1.82) is 0 Å². The Bertz CT molecular complexity index is 2010. The number of nitrogens with one attached hydrogen (secondary N) is 1. The van der Waals surface area contributed by atoms with Gasteiger partial charge in [-0.15, -0.1) is 5.10 Å². The molecule has 4 heterocycles. The number of rotatable bonds is 10. The van der Waals surface area contributed by atoms with Crippen molar-refractivity contribution in [3.05, 3.63) is 107 Å². The van der Waals surface area contributed by atoms with E-state index in [1.165, 1.54) is 4.52 Å². The number of aromatic nitrogens is 6. The number of nitrogens with two attached hydrogens (primary N) is 1.